The van der Waals surface area contributed by atoms with E-state index in [0.717, 1.165) is 30.7 Å². The molecule has 0 radical (unpaired) electrons. The molecule has 0 bridgehead atoms. The summed E-state index contributed by atoms with van der Waals surface area (Å²) in [5, 5.41) is 4.46. The Bertz CT molecular complexity index is 562. The Morgan fingerprint density at radius 2 is 2.43 bits per heavy atom. The third kappa shape index (κ3) is 3.73. The second-order valence-corrected chi connectivity index (χ2v) is 7.06. The van der Waals surface area contributed by atoms with Crippen molar-refractivity contribution in [3.05, 3.63) is 22.4 Å². The van der Waals surface area contributed by atoms with Gasteiger partial charge in [0.15, 0.2) is 0 Å². The van der Waals surface area contributed by atoms with Gasteiger partial charge in [0.2, 0.25) is 5.91 Å². The Kier molecular flexibility index (Phi) is 4.99. The van der Waals surface area contributed by atoms with E-state index in [9.17, 15) is 9.59 Å². The van der Waals surface area contributed by atoms with Crippen LogP contribution in [0, 0.1) is 0 Å². The van der Waals surface area contributed by atoms with E-state index in [4.69, 9.17) is 9.47 Å². The van der Waals surface area contributed by atoms with Crippen molar-refractivity contribution < 1.29 is 19.1 Å². The van der Waals surface area contributed by atoms with Gasteiger partial charge in [0, 0.05) is 20.0 Å². The van der Waals surface area contributed by atoms with Crippen LogP contribution in [0.15, 0.2) is 17.5 Å². The molecule has 3 heterocycles. The first kappa shape index (κ1) is 16.4. The summed E-state index contributed by atoms with van der Waals surface area (Å²) >= 11 is 1.47. The fourth-order valence-electron chi connectivity index (χ4n) is 3.29. The van der Waals surface area contributed by atoms with Gasteiger partial charge in [-0.25, -0.2) is 0 Å². The molecular weight excluding hydrogens is 316 g/mol. The van der Waals surface area contributed by atoms with Crippen molar-refractivity contribution in [1.29, 1.82) is 0 Å². The summed E-state index contributed by atoms with van der Waals surface area (Å²) in [6.07, 6.45) is 2.52. The molecule has 1 aromatic heterocycles. The second-order valence-electron chi connectivity index (χ2n) is 6.11. The van der Waals surface area contributed by atoms with Crippen LogP contribution in [0.2, 0.25) is 0 Å². The number of thiophene rings is 1. The highest BCUT2D eigenvalue weighted by Gasteiger charge is 2.45. The van der Waals surface area contributed by atoms with Crippen LogP contribution in [0.4, 0.5) is 0 Å². The topological polar surface area (TPSA) is 67.9 Å². The lowest BCUT2D eigenvalue weighted by molar-refractivity contribution is -0.127. The van der Waals surface area contributed by atoms with Gasteiger partial charge in [0.25, 0.3) is 5.91 Å². The largest absolute Gasteiger partial charge is 0.370 e. The van der Waals surface area contributed by atoms with E-state index in [1.165, 1.54) is 11.3 Å². The molecule has 2 aliphatic heterocycles. The van der Waals surface area contributed by atoms with E-state index in [2.05, 4.69) is 5.32 Å². The number of hydrogen-bond donors (Lipinski definition) is 1. The number of likely N-dealkylation sites (tertiary alicyclic amines) is 1. The SMILES string of the molecule is CNC(=O)CO[C@@H]1CO[C@@]2(CCCN(C(=O)c3cccs3)C2)C1. The number of carbonyl (C=O) groups excluding carboxylic acids is 2. The van der Waals surface area contributed by atoms with Crippen LogP contribution in [-0.4, -0.2) is 61.8 Å². The number of nitrogens with zero attached hydrogens (tertiary/aromatic N) is 1. The minimum atomic E-state index is -0.321. The number of ether oxygens (including phenoxy) is 2. The monoisotopic (exact) mass is 338 g/mol. The molecule has 0 unspecified atom stereocenters. The Morgan fingerprint density at radius 3 is 3.17 bits per heavy atom. The number of amides is 2. The summed E-state index contributed by atoms with van der Waals surface area (Å²) in [4.78, 5) is 26.5. The standard InChI is InChI=1S/C16H22N2O4S/c1-17-14(19)10-21-12-8-16(22-9-12)5-3-6-18(11-16)15(20)13-4-2-7-23-13/h2,4,7,12H,3,5-6,8-11H2,1H3,(H,17,19)/t12-,16-/m0/s1. The van der Waals surface area contributed by atoms with Gasteiger partial charge in [-0.3, -0.25) is 9.59 Å². The van der Waals surface area contributed by atoms with Gasteiger partial charge in [0.05, 0.1) is 29.7 Å². The molecule has 2 atom stereocenters. The quantitative estimate of drug-likeness (QED) is 0.898. The van der Waals surface area contributed by atoms with Crippen LogP contribution >= 0.6 is 11.3 Å². The van der Waals surface area contributed by atoms with Gasteiger partial charge in [-0.15, -0.1) is 11.3 Å². The van der Waals surface area contributed by atoms with Gasteiger partial charge in [-0.2, -0.15) is 0 Å². The van der Waals surface area contributed by atoms with Crippen molar-refractivity contribution in [3.8, 4) is 0 Å². The highest BCUT2D eigenvalue weighted by Crippen LogP contribution is 2.36. The molecule has 2 amide bonds. The molecule has 2 aliphatic rings. The first-order chi connectivity index (χ1) is 11.1. The fourth-order valence-corrected chi connectivity index (χ4v) is 3.98. The number of likely N-dealkylation sites (N-methyl/N-ethyl adjacent to an activating group) is 1. The Hall–Kier alpha value is -1.44. The molecule has 1 N–H and O–H groups in total. The third-order valence-corrected chi connectivity index (χ3v) is 5.32. The molecule has 1 spiro atoms. The highest BCUT2D eigenvalue weighted by atomic mass is 32.1. The van der Waals surface area contributed by atoms with Crippen LogP contribution in [-0.2, 0) is 14.3 Å². The molecule has 6 nitrogen and oxygen atoms in total. The lowest BCUT2D eigenvalue weighted by Crippen LogP contribution is -2.50. The van der Waals surface area contributed by atoms with Gasteiger partial charge < -0.3 is 19.7 Å². The average molecular weight is 338 g/mol. The maximum absolute atomic E-state index is 12.5. The average Bonchev–Trinajstić information content (AvgIpc) is 3.22. The third-order valence-electron chi connectivity index (χ3n) is 4.46. The summed E-state index contributed by atoms with van der Waals surface area (Å²) in [7, 11) is 1.59. The van der Waals surface area contributed by atoms with Crippen molar-refractivity contribution in [1.82, 2.24) is 10.2 Å². The molecule has 126 valence electrons. The lowest BCUT2D eigenvalue weighted by atomic mass is 9.89. The molecule has 1 aromatic rings. The van der Waals surface area contributed by atoms with E-state index >= 15 is 0 Å². The van der Waals surface area contributed by atoms with Crippen molar-refractivity contribution in [2.75, 3.05) is 33.4 Å². The summed E-state index contributed by atoms with van der Waals surface area (Å²) < 4.78 is 11.6. The molecular formula is C16H22N2O4S. The zero-order valence-electron chi connectivity index (χ0n) is 13.2. The number of carbonyl (C=O) groups is 2. The Morgan fingerprint density at radius 1 is 1.57 bits per heavy atom. The predicted molar refractivity (Wildman–Crippen MR) is 86.6 cm³/mol. The normalized spacial score (nSPS) is 27.3. The minimum absolute atomic E-state index is 0.0540. The molecule has 2 fully saturated rings. The van der Waals surface area contributed by atoms with E-state index in [0.29, 0.717) is 13.2 Å². The van der Waals surface area contributed by atoms with E-state index < -0.39 is 0 Å². The molecule has 0 aliphatic carbocycles. The molecule has 23 heavy (non-hydrogen) atoms. The molecule has 2 saturated heterocycles. The first-order valence-corrected chi connectivity index (χ1v) is 8.79. The van der Waals surface area contributed by atoms with Gasteiger partial charge in [-0.1, -0.05) is 6.07 Å². The van der Waals surface area contributed by atoms with Gasteiger partial charge >= 0.3 is 0 Å². The van der Waals surface area contributed by atoms with Crippen molar-refractivity contribution in [2.45, 2.75) is 31.0 Å². The Balaban J connectivity index is 1.58. The minimum Gasteiger partial charge on any atom is -0.370 e. The highest BCUT2D eigenvalue weighted by molar-refractivity contribution is 7.12. The lowest BCUT2D eigenvalue weighted by Gasteiger charge is -2.39. The van der Waals surface area contributed by atoms with E-state index in [1.54, 1.807) is 7.05 Å². The number of rotatable bonds is 4. The molecule has 0 aromatic carbocycles. The molecule has 0 saturated carbocycles. The summed E-state index contributed by atoms with van der Waals surface area (Å²) in [6, 6.07) is 3.76. The maximum atomic E-state index is 12.5. The van der Waals surface area contributed by atoms with Gasteiger partial charge in [-0.05, 0) is 24.3 Å². The summed E-state index contributed by atoms with van der Waals surface area (Å²) in [5.74, 6) is -0.0542. The number of nitrogens with one attached hydrogen (secondary N) is 1. The molecule has 7 heteroatoms. The smallest absolute Gasteiger partial charge is 0.264 e. The maximum Gasteiger partial charge on any atom is 0.264 e. The van der Waals surface area contributed by atoms with Crippen LogP contribution in [0.3, 0.4) is 0 Å². The van der Waals surface area contributed by atoms with Crippen molar-refractivity contribution in [2.24, 2.45) is 0 Å². The first-order valence-electron chi connectivity index (χ1n) is 7.91. The predicted octanol–water partition coefficient (Wildman–Crippen LogP) is 1.27. The van der Waals surface area contributed by atoms with E-state index in [1.807, 2.05) is 22.4 Å². The van der Waals surface area contributed by atoms with Gasteiger partial charge in [0.1, 0.15) is 6.61 Å². The summed E-state index contributed by atoms with van der Waals surface area (Å²) in [5.41, 5.74) is -0.321. The van der Waals surface area contributed by atoms with Crippen molar-refractivity contribution >= 4 is 23.2 Å². The Labute approximate surface area is 139 Å². The van der Waals surface area contributed by atoms with Crippen LogP contribution < -0.4 is 5.32 Å². The zero-order valence-corrected chi connectivity index (χ0v) is 14.1. The van der Waals surface area contributed by atoms with Crippen LogP contribution in [0.5, 0.6) is 0 Å². The second kappa shape index (κ2) is 6.98. The van der Waals surface area contributed by atoms with Crippen LogP contribution in [0.1, 0.15) is 28.9 Å². The number of hydrogen-bond acceptors (Lipinski definition) is 5. The number of piperidine rings is 1. The summed E-state index contributed by atoms with van der Waals surface area (Å²) in [6.45, 7) is 1.91. The van der Waals surface area contributed by atoms with E-state index in [-0.39, 0.29) is 30.1 Å². The molecule has 3 rings (SSSR count). The zero-order chi connectivity index (χ0) is 16.3. The van der Waals surface area contributed by atoms with Crippen molar-refractivity contribution in [3.63, 3.8) is 0 Å². The van der Waals surface area contributed by atoms with Crippen LogP contribution in [0.25, 0.3) is 0 Å². The fraction of sp³-hybridized carbons (Fsp3) is 0.625.